The third-order valence-corrected chi connectivity index (χ3v) is 2.82. The van der Waals surface area contributed by atoms with Gasteiger partial charge < -0.3 is 20.0 Å². The molecule has 0 aromatic heterocycles. The molecule has 0 saturated heterocycles. The van der Waals surface area contributed by atoms with Gasteiger partial charge in [-0.25, -0.2) is 0 Å². The van der Waals surface area contributed by atoms with Crippen molar-refractivity contribution in [1.82, 2.24) is 0 Å². The lowest BCUT2D eigenvalue weighted by Crippen LogP contribution is -1.97. The number of rotatable bonds is 0. The molecule has 0 fully saturated rings. The van der Waals surface area contributed by atoms with Crippen LogP contribution in [0.3, 0.4) is 0 Å². The van der Waals surface area contributed by atoms with Crippen LogP contribution in [-0.2, 0) is 4.57 Å². The van der Waals surface area contributed by atoms with E-state index in [-0.39, 0.29) is 0 Å². The largest absolute Gasteiger partial charge is 0.598 e. The highest BCUT2D eigenvalue weighted by atomic mass is 31.1. The fourth-order valence-corrected chi connectivity index (χ4v) is 1.46. The Labute approximate surface area is 122 Å². The molecule has 2 aromatic carbocycles. The summed E-state index contributed by atoms with van der Waals surface area (Å²) in [5.74, 6) is 0.667. The van der Waals surface area contributed by atoms with Gasteiger partial charge in [0, 0.05) is 18.5 Å². The SMILES string of the molecule is O=[P+]([O-])[O-].Oc1ccc([PH3+])cc1.Oc1ccc([PH3+])cc1. The summed E-state index contributed by atoms with van der Waals surface area (Å²) in [6, 6.07) is 14.3. The monoisotopic (exact) mass is 333 g/mol. The van der Waals surface area contributed by atoms with Gasteiger partial charge in [0.05, 0.1) is 10.6 Å². The maximum Gasteiger partial charge on any atom is 0.276 e. The van der Waals surface area contributed by atoms with E-state index >= 15 is 0 Å². The van der Waals surface area contributed by atoms with Gasteiger partial charge in [-0.2, -0.15) is 0 Å². The molecule has 0 aliphatic rings. The molecule has 0 bridgehead atoms. The summed E-state index contributed by atoms with van der Waals surface area (Å²) in [5.41, 5.74) is 0. The highest BCUT2D eigenvalue weighted by Gasteiger charge is 1.86. The summed E-state index contributed by atoms with van der Waals surface area (Å²) in [4.78, 5) is 17.0. The first kappa shape index (κ1) is 18.9. The Morgan fingerprint density at radius 1 is 0.750 bits per heavy atom. The minimum Gasteiger partial charge on any atom is -0.598 e. The summed E-state index contributed by atoms with van der Waals surface area (Å²) < 4.78 is 8.48. The molecular formula is C12H16O5P3+. The van der Waals surface area contributed by atoms with Crippen molar-refractivity contribution in [2.45, 2.75) is 0 Å². The van der Waals surface area contributed by atoms with Crippen LogP contribution in [0.1, 0.15) is 0 Å². The molecule has 0 spiro atoms. The van der Waals surface area contributed by atoms with Crippen LogP contribution in [0.5, 0.6) is 11.5 Å². The Balaban J connectivity index is 0.000000289. The summed E-state index contributed by atoms with van der Waals surface area (Å²) in [5, 5.41) is 19.9. The Morgan fingerprint density at radius 3 is 1.10 bits per heavy atom. The van der Waals surface area contributed by atoms with Crippen molar-refractivity contribution in [2.75, 3.05) is 0 Å². The van der Waals surface area contributed by atoms with Crippen molar-refractivity contribution in [3.8, 4) is 11.5 Å². The van der Waals surface area contributed by atoms with Gasteiger partial charge in [-0.05, 0) is 48.5 Å². The zero-order chi connectivity index (χ0) is 15.5. The second-order valence-electron chi connectivity index (χ2n) is 3.56. The van der Waals surface area contributed by atoms with E-state index in [1.54, 1.807) is 42.7 Å². The number of aromatic hydroxyl groups is 2. The molecule has 0 radical (unpaired) electrons. The average molecular weight is 333 g/mol. The third-order valence-electron chi connectivity index (χ3n) is 1.87. The van der Waals surface area contributed by atoms with E-state index in [0.717, 1.165) is 0 Å². The molecular weight excluding hydrogens is 317 g/mol. The molecule has 2 unspecified atom stereocenters. The Kier molecular flexibility index (Phi) is 10.1. The molecule has 0 saturated carbocycles. The van der Waals surface area contributed by atoms with E-state index < -0.39 is 8.25 Å². The van der Waals surface area contributed by atoms with Crippen molar-refractivity contribution in [1.29, 1.82) is 0 Å². The molecule has 8 heteroatoms. The standard InChI is InChI=1S/2C6H7OP.HO3P/c2*7-5-1-3-6(8)4-2-5;1-4(2)3/h2*1-4,7H,8H2;(H,1,2,3)/p+1. The number of benzene rings is 2. The van der Waals surface area contributed by atoms with Gasteiger partial charge in [-0.3, -0.25) is 0 Å². The quantitative estimate of drug-likeness (QED) is 0.640. The molecule has 108 valence electrons. The van der Waals surface area contributed by atoms with Gasteiger partial charge in [0.25, 0.3) is 8.25 Å². The molecule has 2 aromatic rings. The zero-order valence-electron chi connectivity index (χ0n) is 10.6. The predicted octanol–water partition coefficient (Wildman–Crippen LogP) is -0.386. The highest BCUT2D eigenvalue weighted by molar-refractivity contribution is 7.27. The maximum absolute atomic E-state index is 8.76. The van der Waals surface area contributed by atoms with E-state index in [1.165, 1.54) is 10.6 Å². The molecule has 0 amide bonds. The Bertz CT molecular complexity index is 424. The lowest BCUT2D eigenvalue weighted by atomic mass is 10.3. The first-order chi connectivity index (χ1) is 9.31. The Morgan fingerprint density at radius 2 is 0.950 bits per heavy atom. The van der Waals surface area contributed by atoms with Crippen LogP contribution < -0.4 is 20.4 Å². The molecule has 0 heterocycles. The summed E-state index contributed by atoms with van der Waals surface area (Å²) >= 11 is 0. The van der Waals surface area contributed by atoms with Gasteiger partial charge in [-0.15, -0.1) is 0 Å². The van der Waals surface area contributed by atoms with Gasteiger partial charge in [0.1, 0.15) is 11.5 Å². The van der Waals surface area contributed by atoms with Crippen molar-refractivity contribution < 1.29 is 24.6 Å². The van der Waals surface area contributed by atoms with E-state index in [9.17, 15) is 0 Å². The van der Waals surface area contributed by atoms with Crippen LogP contribution in [0, 0.1) is 0 Å². The second kappa shape index (κ2) is 10.7. The normalized spacial score (nSPS) is 8.90. The lowest BCUT2D eigenvalue weighted by Gasteiger charge is -1.85. The molecule has 20 heavy (non-hydrogen) atoms. The molecule has 0 aliphatic heterocycles. The minimum absolute atomic E-state index is 0.334. The summed E-state index contributed by atoms with van der Waals surface area (Å²) in [6.07, 6.45) is 0. The predicted molar refractivity (Wildman–Crippen MR) is 85.3 cm³/mol. The first-order valence-corrected chi connectivity index (χ1v) is 7.85. The molecule has 2 rings (SSSR count). The van der Waals surface area contributed by atoms with Crippen LogP contribution in [0.4, 0.5) is 0 Å². The number of hydrogen-bond donors (Lipinski definition) is 2. The molecule has 2 atom stereocenters. The molecule has 2 N–H and O–H groups in total. The highest BCUT2D eigenvalue weighted by Crippen LogP contribution is 2.04. The lowest BCUT2D eigenvalue weighted by molar-refractivity contribution is -0.297. The van der Waals surface area contributed by atoms with E-state index in [1.807, 2.05) is 24.3 Å². The van der Waals surface area contributed by atoms with Crippen LogP contribution in [0.25, 0.3) is 0 Å². The van der Waals surface area contributed by atoms with E-state index in [4.69, 9.17) is 24.6 Å². The Hall–Kier alpha value is -1.08. The molecule has 0 aliphatic carbocycles. The second-order valence-corrected chi connectivity index (χ2v) is 5.64. The fourth-order valence-electron chi connectivity index (χ4n) is 0.992. The van der Waals surface area contributed by atoms with Crippen LogP contribution >= 0.6 is 26.7 Å². The first-order valence-electron chi connectivity index (χ1n) is 5.34. The van der Waals surface area contributed by atoms with Crippen molar-refractivity contribution >= 4 is 37.3 Å². The van der Waals surface area contributed by atoms with Gasteiger partial charge in [0.2, 0.25) is 0 Å². The fraction of sp³-hybridized carbons (Fsp3) is 0. The number of hydrogen-bond acceptors (Lipinski definition) is 5. The summed E-state index contributed by atoms with van der Waals surface area (Å²) in [6.45, 7) is 0. The molecule has 5 nitrogen and oxygen atoms in total. The van der Waals surface area contributed by atoms with Gasteiger partial charge in [0.15, 0.2) is 0 Å². The van der Waals surface area contributed by atoms with E-state index in [2.05, 4.69) is 0 Å². The van der Waals surface area contributed by atoms with Gasteiger partial charge >= 0.3 is 0 Å². The average Bonchev–Trinajstić information content (AvgIpc) is 2.37. The van der Waals surface area contributed by atoms with Gasteiger partial charge in [-0.1, -0.05) is 4.57 Å². The minimum atomic E-state index is -3.37. The van der Waals surface area contributed by atoms with Crippen molar-refractivity contribution in [2.24, 2.45) is 0 Å². The zero-order valence-corrected chi connectivity index (χ0v) is 14.3. The number of phenols is 2. The summed E-state index contributed by atoms with van der Waals surface area (Å²) in [7, 11) is 0.231. The smallest absolute Gasteiger partial charge is 0.276 e. The number of phenolic OH excluding ortho intramolecular Hbond substituents is 2. The van der Waals surface area contributed by atoms with Crippen LogP contribution in [-0.4, -0.2) is 10.2 Å². The topological polar surface area (TPSA) is 104 Å². The van der Waals surface area contributed by atoms with Crippen LogP contribution in [0.2, 0.25) is 0 Å². The maximum atomic E-state index is 8.76. The van der Waals surface area contributed by atoms with Crippen LogP contribution in [0.15, 0.2) is 48.5 Å². The van der Waals surface area contributed by atoms with E-state index in [0.29, 0.717) is 11.5 Å². The third kappa shape index (κ3) is 12.0. The van der Waals surface area contributed by atoms with Crippen molar-refractivity contribution in [3.63, 3.8) is 0 Å². The van der Waals surface area contributed by atoms with Crippen molar-refractivity contribution in [3.05, 3.63) is 48.5 Å².